The molecular weight excluding hydrogens is 547 g/mol. The van der Waals surface area contributed by atoms with E-state index in [1.54, 1.807) is 65.7 Å². The topological polar surface area (TPSA) is 103 Å². The number of nitrogens with one attached hydrogen (secondary N) is 1. The molecule has 5 rings (SSSR count). The molecule has 0 radical (unpaired) electrons. The van der Waals surface area contributed by atoms with Crippen molar-refractivity contribution < 1.29 is 18.3 Å². The van der Waals surface area contributed by atoms with Gasteiger partial charge in [-0.2, -0.15) is 0 Å². The highest BCUT2D eigenvalue weighted by atomic mass is 35.5. The second-order valence-electron chi connectivity index (χ2n) is 8.98. The summed E-state index contributed by atoms with van der Waals surface area (Å²) in [7, 11) is -3.88. The van der Waals surface area contributed by atoms with Gasteiger partial charge in [0.05, 0.1) is 10.5 Å². The first-order valence-electron chi connectivity index (χ1n) is 11.9. The summed E-state index contributed by atoms with van der Waals surface area (Å²) < 4.78 is 28.7. The molecule has 0 unspecified atom stereocenters. The molecule has 3 aromatic carbocycles. The van der Waals surface area contributed by atoms with E-state index >= 15 is 0 Å². The Morgan fingerprint density at radius 2 is 1.68 bits per heavy atom. The minimum absolute atomic E-state index is 0.0157. The van der Waals surface area contributed by atoms with Crippen LogP contribution in [0.15, 0.2) is 77.8 Å². The Bertz CT molecular complexity index is 1600. The van der Waals surface area contributed by atoms with Crippen molar-refractivity contribution in [3.05, 3.63) is 94.1 Å². The summed E-state index contributed by atoms with van der Waals surface area (Å²) in [6, 6.07) is 18.1. The van der Waals surface area contributed by atoms with E-state index in [1.165, 1.54) is 12.1 Å². The minimum atomic E-state index is -3.88. The van der Waals surface area contributed by atoms with Crippen LogP contribution in [-0.2, 0) is 16.6 Å². The van der Waals surface area contributed by atoms with Crippen LogP contribution in [-0.4, -0.2) is 60.4 Å². The average Bonchev–Trinajstić information content (AvgIpc) is 2.91. The van der Waals surface area contributed by atoms with Gasteiger partial charge in [0, 0.05) is 66.1 Å². The lowest BCUT2D eigenvalue weighted by molar-refractivity contribution is 0.0627. The zero-order chi connectivity index (χ0) is 26.9. The van der Waals surface area contributed by atoms with E-state index in [0.29, 0.717) is 60.1 Å². The monoisotopic (exact) mass is 570 g/mol. The normalized spacial score (nSPS) is 14.5. The van der Waals surface area contributed by atoms with Gasteiger partial charge in [-0.1, -0.05) is 41.4 Å². The van der Waals surface area contributed by atoms with Gasteiger partial charge in [0.2, 0.25) is 0 Å². The Hall–Kier alpha value is -3.37. The predicted octanol–water partition coefficient (Wildman–Crippen LogP) is 5.01. The lowest BCUT2D eigenvalue weighted by Gasteiger charge is -2.35. The molecule has 1 aliphatic heterocycles. The molecule has 0 atom stereocenters. The van der Waals surface area contributed by atoms with Crippen molar-refractivity contribution in [1.82, 2.24) is 14.8 Å². The third kappa shape index (κ3) is 5.56. The van der Waals surface area contributed by atoms with Crippen molar-refractivity contribution in [2.24, 2.45) is 0 Å². The van der Waals surface area contributed by atoms with Crippen molar-refractivity contribution in [3.63, 3.8) is 0 Å². The standard InChI is InChI=1S/C27H24Cl2N4O4S/c28-21-15-20(26(34)23(29)16-21)17-32-11-13-33(14-12-32)27(35)19-6-8-22(9-7-19)31-38(36,37)24-5-1-3-18-4-2-10-30-25(18)24/h1-10,15-16,31,34H,11-14,17H2. The maximum absolute atomic E-state index is 13.1. The van der Waals surface area contributed by atoms with Gasteiger partial charge >= 0.3 is 0 Å². The van der Waals surface area contributed by atoms with Crippen LogP contribution in [0.2, 0.25) is 10.0 Å². The molecule has 1 saturated heterocycles. The molecule has 196 valence electrons. The maximum atomic E-state index is 13.1. The molecule has 38 heavy (non-hydrogen) atoms. The molecule has 1 aliphatic rings. The Morgan fingerprint density at radius 1 is 0.974 bits per heavy atom. The molecule has 0 bridgehead atoms. The number of pyridine rings is 1. The fourth-order valence-corrected chi connectivity index (χ4v) is 6.23. The number of carbonyl (C=O) groups is 1. The molecule has 11 heteroatoms. The number of nitrogens with zero attached hydrogens (tertiary/aromatic N) is 3. The fraction of sp³-hybridized carbons (Fsp3) is 0.185. The molecule has 1 fully saturated rings. The molecule has 1 amide bonds. The summed E-state index contributed by atoms with van der Waals surface area (Å²) in [6.07, 6.45) is 1.55. The maximum Gasteiger partial charge on any atom is 0.264 e. The molecule has 0 saturated carbocycles. The second kappa shape index (κ2) is 10.8. The number of hydrogen-bond acceptors (Lipinski definition) is 6. The number of fused-ring (bicyclic) bond motifs is 1. The Labute approximate surface area is 230 Å². The van der Waals surface area contributed by atoms with Crippen molar-refractivity contribution in [3.8, 4) is 5.75 Å². The Kier molecular flexibility index (Phi) is 7.45. The molecule has 0 spiro atoms. The highest BCUT2D eigenvalue weighted by molar-refractivity contribution is 7.93. The van der Waals surface area contributed by atoms with E-state index in [-0.39, 0.29) is 21.6 Å². The Balaban J connectivity index is 1.21. The summed E-state index contributed by atoms with van der Waals surface area (Å²) in [4.78, 5) is 21.2. The zero-order valence-electron chi connectivity index (χ0n) is 20.1. The van der Waals surface area contributed by atoms with Gasteiger partial charge in [-0.3, -0.25) is 19.4 Å². The fourth-order valence-electron chi connectivity index (χ4n) is 4.46. The van der Waals surface area contributed by atoms with Crippen LogP contribution in [0.3, 0.4) is 0 Å². The third-order valence-electron chi connectivity index (χ3n) is 6.43. The lowest BCUT2D eigenvalue weighted by atomic mass is 10.1. The molecular formula is C27H24Cl2N4O4S. The van der Waals surface area contributed by atoms with E-state index in [9.17, 15) is 18.3 Å². The number of rotatable bonds is 6. The van der Waals surface area contributed by atoms with Crippen LogP contribution < -0.4 is 4.72 Å². The van der Waals surface area contributed by atoms with Gasteiger partial charge in [0.15, 0.2) is 0 Å². The van der Waals surface area contributed by atoms with Crippen LogP contribution in [0.5, 0.6) is 5.75 Å². The number of carbonyl (C=O) groups excluding carboxylic acids is 1. The number of hydrogen-bond donors (Lipinski definition) is 2. The van der Waals surface area contributed by atoms with Crippen LogP contribution in [0, 0.1) is 0 Å². The number of halogens is 2. The quantitative estimate of drug-likeness (QED) is 0.338. The van der Waals surface area contributed by atoms with Crippen molar-refractivity contribution >= 4 is 55.7 Å². The summed E-state index contributed by atoms with van der Waals surface area (Å²) in [5, 5.41) is 11.6. The number of phenolic OH excluding ortho intramolecular Hbond substituents is 1. The van der Waals surface area contributed by atoms with Crippen LogP contribution in [0.1, 0.15) is 15.9 Å². The number of aromatic nitrogens is 1. The van der Waals surface area contributed by atoms with Crippen LogP contribution in [0.4, 0.5) is 5.69 Å². The van der Waals surface area contributed by atoms with E-state index < -0.39 is 10.0 Å². The first-order valence-corrected chi connectivity index (χ1v) is 14.1. The van der Waals surface area contributed by atoms with Gasteiger partial charge in [0.1, 0.15) is 10.6 Å². The average molecular weight is 571 g/mol. The summed E-state index contributed by atoms with van der Waals surface area (Å²) in [5.41, 5.74) is 1.84. The molecule has 8 nitrogen and oxygen atoms in total. The molecule has 1 aromatic heterocycles. The smallest absolute Gasteiger partial charge is 0.264 e. The first-order chi connectivity index (χ1) is 18.2. The zero-order valence-corrected chi connectivity index (χ0v) is 22.5. The number of benzene rings is 3. The predicted molar refractivity (Wildman–Crippen MR) is 148 cm³/mol. The highest BCUT2D eigenvalue weighted by Gasteiger charge is 2.24. The first kappa shape index (κ1) is 26.2. The summed E-state index contributed by atoms with van der Waals surface area (Å²) in [6.45, 7) is 2.72. The number of anilines is 1. The molecule has 2 heterocycles. The van der Waals surface area contributed by atoms with Gasteiger partial charge in [0.25, 0.3) is 15.9 Å². The summed E-state index contributed by atoms with van der Waals surface area (Å²) in [5.74, 6) is -0.118. The molecule has 4 aromatic rings. The van der Waals surface area contributed by atoms with Crippen molar-refractivity contribution in [1.29, 1.82) is 0 Å². The van der Waals surface area contributed by atoms with Crippen molar-refractivity contribution in [2.45, 2.75) is 11.4 Å². The number of sulfonamides is 1. The van der Waals surface area contributed by atoms with E-state index in [1.807, 2.05) is 0 Å². The third-order valence-corrected chi connectivity index (χ3v) is 8.35. The van der Waals surface area contributed by atoms with Crippen molar-refractivity contribution in [2.75, 3.05) is 30.9 Å². The van der Waals surface area contributed by atoms with Crippen LogP contribution in [0.25, 0.3) is 10.9 Å². The molecule has 0 aliphatic carbocycles. The minimum Gasteiger partial charge on any atom is -0.506 e. The Morgan fingerprint density at radius 3 is 2.42 bits per heavy atom. The van der Waals surface area contributed by atoms with Gasteiger partial charge in [-0.25, -0.2) is 8.42 Å². The molecule has 2 N–H and O–H groups in total. The summed E-state index contributed by atoms with van der Waals surface area (Å²) >= 11 is 12.1. The second-order valence-corrected chi connectivity index (χ2v) is 11.5. The number of amides is 1. The highest BCUT2D eigenvalue weighted by Crippen LogP contribution is 2.32. The van der Waals surface area contributed by atoms with Crippen LogP contribution >= 0.6 is 23.2 Å². The number of piperazine rings is 1. The SMILES string of the molecule is O=C(c1ccc(NS(=O)(=O)c2cccc3cccnc23)cc1)N1CCN(Cc2cc(Cl)cc(Cl)c2O)CC1. The van der Waals surface area contributed by atoms with E-state index in [4.69, 9.17) is 23.2 Å². The van der Waals surface area contributed by atoms with Gasteiger partial charge in [-0.05, 0) is 48.5 Å². The largest absolute Gasteiger partial charge is 0.506 e. The van der Waals surface area contributed by atoms with E-state index in [2.05, 4.69) is 14.6 Å². The van der Waals surface area contributed by atoms with E-state index in [0.717, 1.165) is 5.39 Å². The lowest BCUT2D eigenvalue weighted by Crippen LogP contribution is -2.48. The number of para-hydroxylation sites is 1. The van der Waals surface area contributed by atoms with Gasteiger partial charge in [-0.15, -0.1) is 0 Å². The van der Waals surface area contributed by atoms with Gasteiger partial charge < -0.3 is 10.0 Å². The number of aromatic hydroxyl groups is 1. The number of phenols is 1.